The summed E-state index contributed by atoms with van der Waals surface area (Å²) in [7, 11) is -4.13. The van der Waals surface area contributed by atoms with Crippen molar-refractivity contribution < 1.29 is 31.1 Å². The Bertz CT molecular complexity index is 1230. The highest BCUT2D eigenvalue weighted by molar-refractivity contribution is 7.89. The molecule has 9 heteroatoms. The van der Waals surface area contributed by atoms with Crippen molar-refractivity contribution in [2.24, 2.45) is 17.3 Å². The fraction of sp³-hybridized carbons (Fsp3) is 0.520. The summed E-state index contributed by atoms with van der Waals surface area (Å²) >= 11 is 0. The number of hydrogen-bond donors (Lipinski definition) is 2. The van der Waals surface area contributed by atoms with Crippen LogP contribution in [-0.4, -0.2) is 19.6 Å². The van der Waals surface area contributed by atoms with Crippen molar-refractivity contribution in [3.63, 3.8) is 0 Å². The molecule has 0 spiro atoms. The average Bonchev–Trinajstić information content (AvgIpc) is 3.11. The highest BCUT2D eigenvalue weighted by Gasteiger charge is 2.55. The van der Waals surface area contributed by atoms with E-state index in [2.05, 4.69) is 11.6 Å². The molecule has 2 N–H and O–H groups in total. The molecule has 0 radical (unpaired) electrons. The minimum atomic E-state index is -4.62. The van der Waals surface area contributed by atoms with Gasteiger partial charge in [0, 0.05) is 6.04 Å². The lowest BCUT2D eigenvalue weighted by Gasteiger charge is -2.51. The smallest absolute Gasteiger partial charge is 0.416 e. The average molecular weight is 498 g/mol. The first-order valence-corrected chi connectivity index (χ1v) is 13.1. The summed E-state index contributed by atoms with van der Waals surface area (Å²) in [6, 6.07) is 6.67. The van der Waals surface area contributed by atoms with Crippen molar-refractivity contribution in [1.82, 2.24) is 4.72 Å². The molecule has 184 valence electrons. The zero-order valence-corrected chi connectivity index (χ0v) is 19.5. The van der Waals surface area contributed by atoms with Crippen LogP contribution in [-0.2, 0) is 22.6 Å². The SMILES string of the molecule is C[C@]12CC[C@@H]3c4ccc(O)c(F)c4CC[C@H]3[C@@H]1CC[C@@H]2NS(=O)(=O)c1cccc(C(F)(F)F)c1. The van der Waals surface area contributed by atoms with E-state index in [-0.39, 0.29) is 39.9 Å². The van der Waals surface area contributed by atoms with Gasteiger partial charge in [-0.1, -0.05) is 19.1 Å². The first-order chi connectivity index (χ1) is 15.9. The standard InChI is InChI=1S/C25H27F4NO3S/c1-24-12-11-17-16-7-9-21(31)23(26)19(16)6-5-18(17)20(24)8-10-22(24)30-34(32,33)15-4-2-3-14(13-15)25(27,28)29/h2-4,7,9,13,17-18,20,22,30-31H,5-6,8,10-12H2,1H3/t17-,18-,20+,22+,24+/m1/s1. The van der Waals surface area contributed by atoms with Gasteiger partial charge in [0.15, 0.2) is 11.6 Å². The lowest BCUT2D eigenvalue weighted by molar-refractivity contribution is -0.137. The van der Waals surface area contributed by atoms with E-state index < -0.39 is 27.6 Å². The van der Waals surface area contributed by atoms with Gasteiger partial charge in [-0.25, -0.2) is 17.5 Å². The van der Waals surface area contributed by atoms with Gasteiger partial charge in [-0.2, -0.15) is 13.2 Å². The largest absolute Gasteiger partial charge is 0.505 e. The number of nitrogens with one attached hydrogen (secondary N) is 1. The highest BCUT2D eigenvalue weighted by Crippen LogP contribution is 2.61. The molecule has 2 aromatic carbocycles. The molecular weight excluding hydrogens is 470 g/mol. The quantitative estimate of drug-likeness (QED) is 0.531. The maximum Gasteiger partial charge on any atom is 0.416 e. The van der Waals surface area contributed by atoms with Crippen molar-refractivity contribution in [1.29, 1.82) is 0 Å². The summed E-state index contributed by atoms with van der Waals surface area (Å²) in [4.78, 5) is -0.384. The second kappa shape index (κ2) is 7.95. The van der Waals surface area contributed by atoms with Crippen LogP contribution in [0.5, 0.6) is 5.75 Å². The molecule has 5 rings (SSSR count). The molecule has 2 fully saturated rings. The van der Waals surface area contributed by atoms with Crippen molar-refractivity contribution in [3.8, 4) is 5.75 Å². The van der Waals surface area contributed by atoms with Crippen LogP contribution >= 0.6 is 0 Å². The molecule has 0 aromatic heterocycles. The van der Waals surface area contributed by atoms with Crippen LogP contribution in [0, 0.1) is 23.1 Å². The van der Waals surface area contributed by atoms with Gasteiger partial charge < -0.3 is 5.11 Å². The Morgan fingerprint density at radius 2 is 1.85 bits per heavy atom. The summed E-state index contributed by atoms with van der Waals surface area (Å²) in [5, 5.41) is 9.76. The lowest BCUT2D eigenvalue weighted by Crippen LogP contribution is -2.50. The van der Waals surface area contributed by atoms with Gasteiger partial charge in [0.1, 0.15) is 0 Å². The molecule has 5 atom stereocenters. The Kier molecular flexibility index (Phi) is 5.52. The molecule has 0 unspecified atom stereocenters. The van der Waals surface area contributed by atoms with E-state index in [1.165, 1.54) is 12.1 Å². The van der Waals surface area contributed by atoms with E-state index in [9.17, 15) is 31.1 Å². The Morgan fingerprint density at radius 3 is 2.59 bits per heavy atom. The Morgan fingerprint density at radius 1 is 1.09 bits per heavy atom. The summed E-state index contributed by atoms with van der Waals surface area (Å²) in [6.07, 6.45) is -0.396. The molecular formula is C25H27F4NO3S. The number of rotatable bonds is 3. The molecule has 0 saturated heterocycles. The molecule has 2 aromatic rings. The number of benzene rings is 2. The minimum Gasteiger partial charge on any atom is -0.505 e. The van der Waals surface area contributed by atoms with Gasteiger partial charge in [-0.05, 0) is 97.1 Å². The number of aromatic hydroxyl groups is 1. The van der Waals surface area contributed by atoms with Crippen molar-refractivity contribution in [3.05, 3.63) is 58.9 Å². The number of alkyl halides is 3. The highest BCUT2D eigenvalue weighted by atomic mass is 32.2. The fourth-order valence-corrected chi connectivity index (χ4v) is 8.34. The molecule has 2 saturated carbocycles. The summed E-state index contributed by atoms with van der Waals surface area (Å²) in [5.74, 6) is -0.204. The van der Waals surface area contributed by atoms with Gasteiger partial charge in [-0.15, -0.1) is 0 Å². The first-order valence-electron chi connectivity index (χ1n) is 11.6. The van der Waals surface area contributed by atoms with E-state index in [0.29, 0.717) is 24.5 Å². The van der Waals surface area contributed by atoms with Crippen LogP contribution in [0.3, 0.4) is 0 Å². The predicted molar refractivity (Wildman–Crippen MR) is 118 cm³/mol. The number of phenols is 1. The van der Waals surface area contributed by atoms with E-state index in [1.54, 1.807) is 0 Å². The minimum absolute atomic E-state index is 0.163. The first kappa shape index (κ1) is 23.6. The monoisotopic (exact) mass is 497 g/mol. The second-order valence-electron chi connectivity index (χ2n) is 10.2. The van der Waals surface area contributed by atoms with Crippen molar-refractivity contribution >= 4 is 10.0 Å². The third-order valence-corrected chi connectivity index (χ3v) is 10.1. The van der Waals surface area contributed by atoms with Crippen LogP contribution in [0.2, 0.25) is 0 Å². The van der Waals surface area contributed by atoms with Gasteiger partial charge in [0.05, 0.1) is 10.5 Å². The number of fused-ring (bicyclic) bond motifs is 5. The molecule has 34 heavy (non-hydrogen) atoms. The van der Waals surface area contributed by atoms with Gasteiger partial charge in [0.25, 0.3) is 0 Å². The fourth-order valence-electron chi connectivity index (χ4n) is 6.90. The van der Waals surface area contributed by atoms with Crippen LogP contribution in [0.25, 0.3) is 0 Å². The van der Waals surface area contributed by atoms with Crippen LogP contribution < -0.4 is 4.72 Å². The molecule has 0 aliphatic heterocycles. The van der Waals surface area contributed by atoms with Gasteiger partial charge >= 0.3 is 6.18 Å². The molecule has 3 aliphatic rings. The third kappa shape index (κ3) is 3.71. The third-order valence-electron chi connectivity index (χ3n) is 8.59. The molecule has 0 amide bonds. The maximum atomic E-state index is 14.5. The van der Waals surface area contributed by atoms with Crippen LogP contribution in [0.1, 0.15) is 61.6 Å². The molecule has 0 bridgehead atoms. The number of phenolic OH excluding ortho intramolecular Hbond substituents is 1. The summed E-state index contributed by atoms with van der Waals surface area (Å²) in [6.45, 7) is 2.08. The van der Waals surface area contributed by atoms with E-state index in [1.807, 2.05) is 6.07 Å². The number of halogens is 4. The summed E-state index contributed by atoms with van der Waals surface area (Å²) < 4.78 is 82.6. The number of hydrogen-bond acceptors (Lipinski definition) is 3. The molecule has 0 heterocycles. The van der Waals surface area contributed by atoms with Crippen molar-refractivity contribution in [2.75, 3.05) is 0 Å². The second-order valence-corrected chi connectivity index (χ2v) is 11.9. The lowest BCUT2D eigenvalue weighted by atomic mass is 9.55. The summed E-state index contributed by atoms with van der Waals surface area (Å²) in [5.41, 5.74) is 0.208. The van der Waals surface area contributed by atoms with E-state index in [4.69, 9.17) is 0 Å². The Balaban J connectivity index is 1.39. The van der Waals surface area contributed by atoms with Gasteiger partial charge in [0.2, 0.25) is 10.0 Å². The predicted octanol–water partition coefficient (Wildman–Crippen LogP) is 5.75. The zero-order valence-electron chi connectivity index (χ0n) is 18.7. The topological polar surface area (TPSA) is 66.4 Å². The van der Waals surface area contributed by atoms with Crippen molar-refractivity contribution in [2.45, 2.75) is 68.5 Å². The van der Waals surface area contributed by atoms with Crippen LogP contribution in [0.4, 0.5) is 17.6 Å². The Hall–Kier alpha value is -2.13. The van der Waals surface area contributed by atoms with Crippen LogP contribution in [0.15, 0.2) is 41.3 Å². The molecule has 4 nitrogen and oxygen atoms in total. The van der Waals surface area contributed by atoms with E-state index in [0.717, 1.165) is 43.4 Å². The zero-order chi connectivity index (χ0) is 24.5. The Labute approximate surface area is 196 Å². The molecule has 3 aliphatic carbocycles. The maximum absolute atomic E-state index is 14.5. The van der Waals surface area contributed by atoms with Gasteiger partial charge in [-0.3, -0.25) is 0 Å². The number of sulfonamides is 1. The van der Waals surface area contributed by atoms with E-state index >= 15 is 0 Å². The normalized spacial score (nSPS) is 31.0.